The van der Waals surface area contributed by atoms with Crippen LogP contribution in [0.4, 0.5) is 0 Å². The number of aryl methyl sites for hydroxylation is 2. The van der Waals surface area contributed by atoms with E-state index in [2.05, 4.69) is 23.0 Å². The highest BCUT2D eigenvalue weighted by molar-refractivity contribution is 7.94. The van der Waals surface area contributed by atoms with E-state index >= 15 is 0 Å². The third kappa shape index (κ3) is 2.84. The number of pyridine rings is 1. The highest BCUT2D eigenvalue weighted by atomic mass is 32.2. The van der Waals surface area contributed by atoms with Gasteiger partial charge in [-0.3, -0.25) is 9.36 Å². The Morgan fingerprint density at radius 2 is 1.92 bits per heavy atom. The number of nitrogens with zero attached hydrogens (tertiary/aromatic N) is 3. The molecule has 1 atom stereocenters. The van der Waals surface area contributed by atoms with Crippen LogP contribution in [0.2, 0.25) is 0 Å². The van der Waals surface area contributed by atoms with Crippen molar-refractivity contribution in [2.24, 2.45) is 0 Å². The summed E-state index contributed by atoms with van der Waals surface area (Å²) in [6.07, 6.45) is 2.89. The van der Waals surface area contributed by atoms with Gasteiger partial charge >= 0.3 is 0 Å². The molecule has 0 amide bonds. The van der Waals surface area contributed by atoms with Gasteiger partial charge < -0.3 is 0 Å². The average Bonchev–Trinajstić information content (AvgIpc) is 2.97. The molecule has 0 N–H and O–H groups in total. The minimum absolute atomic E-state index is 0.117. The van der Waals surface area contributed by atoms with E-state index in [1.807, 2.05) is 19.1 Å². The molecule has 0 spiro atoms. The van der Waals surface area contributed by atoms with Crippen LogP contribution in [0.3, 0.4) is 0 Å². The number of rotatable bonds is 2. The summed E-state index contributed by atoms with van der Waals surface area (Å²) < 4.78 is 24.6. The number of hydrogen-bond acceptors (Lipinski definition) is 5. The van der Waals surface area contributed by atoms with Gasteiger partial charge in [0.05, 0.1) is 22.9 Å². The van der Waals surface area contributed by atoms with Gasteiger partial charge in [-0.05, 0) is 49.2 Å². The second kappa shape index (κ2) is 5.88. The summed E-state index contributed by atoms with van der Waals surface area (Å²) in [6, 6.07) is 9.05. The van der Waals surface area contributed by atoms with Gasteiger partial charge in [-0.15, -0.1) is 0 Å². The molecule has 0 aliphatic carbocycles. The normalized spacial score (nSPS) is 18.5. The van der Waals surface area contributed by atoms with E-state index in [0.29, 0.717) is 11.0 Å². The Balaban J connectivity index is 1.79. The van der Waals surface area contributed by atoms with Crippen LogP contribution < -0.4 is 5.56 Å². The van der Waals surface area contributed by atoms with E-state index in [1.165, 1.54) is 28.1 Å². The van der Waals surface area contributed by atoms with Crippen LogP contribution in [0.25, 0.3) is 22.3 Å². The fourth-order valence-electron chi connectivity index (χ4n) is 3.05. The maximum atomic E-state index is 12.7. The van der Waals surface area contributed by atoms with Crippen molar-refractivity contribution in [1.29, 1.82) is 0 Å². The van der Waals surface area contributed by atoms with Gasteiger partial charge in [0.15, 0.2) is 15.5 Å². The van der Waals surface area contributed by atoms with E-state index in [9.17, 15) is 13.2 Å². The Labute approximate surface area is 150 Å². The standard InChI is InChI=1S/C19H17N3O3S/c1-12-3-4-14(9-13(12)2)17-6-5-16-18(21-17)20-11-22(19(16)23)15-7-8-26(24,25)10-15/h3-9,11,15H,10H2,1-2H3. The molecule has 6 nitrogen and oxygen atoms in total. The predicted molar refractivity (Wildman–Crippen MR) is 101 cm³/mol. The molecule has 4 rings (SSSR count). The summed E-state index contributed by atoms with van der Waals surface area (Å²) >= 11 is 0. The first-order valence-corrected chi connectivity index (χ1v) is 9.92. The highest BCUT2D eigenvalue weighted by Crippen LogP contribution is 2.23. The first-order chi connectivity index (χ1) is 12.3. The van der Waals surface area contributed by atoms with Crippen LogP contribution >= 0.6 is 0 Å². The molecule has 26 heavy (non-hydrogen) atoms. The number of sulfone groups is 1. The highest BCUT2D eigenvalue weighted by Gasteiger charge is 2.24. The lowest BCUT2D eigenvalue weighted by atomic mass is 10.0. The lowest BCUT2D eigenvalue weighted by molar-refractivity contribution is 0.586. The number of aromatic nitrogens is 3. The zero-order chi connectivity index (χ0) is 18.5. The van der Waals surface area contributed by atoms with Gasteiger partial charge in [0.2, 0.25) is 0 Å². The van der Waals surface area contributed by atoms with Gasteiger partial charge in [0, 0.05) is 11.0 Å². The van der Waals surface area contributed by atoms with Crippen molar-refractivity contribution >= 4 is 20.9 Å². The summed E-state index contributed by atoms with van der Waals surface area (Å²) in [5, 5.41) is 1.52. The van der Waals surface area contributed by atoms with Gasteiger partial charge in [-0.25, -0.2) is 18.4 Å². The molecule has 3 aromatic rings. The third-order valence-corrected chi connectivity index (χ3v) is 6.09. The molecule has 1 unspecified atom stereocenters. The zero-order valence-corrected chi connectivity index (χ0v) is 15.2. The minimum Gasteiger partial charge on any atom is -0.291 e. The molecule has 1 aromatic carbocycles. The summed E-state index contributed by atoms with van der Waals surface area (Å²) in [5.74, 6) is -0.117. The fraction of sp³-hybridized carbons (Fsp3) is 0.211. The monoisotopic (exact) mass is 367 g/mol. The molecule has 1 aliphatic rings. The Kier molecular flexibility index (Phi) is 3.77. The van der Waals surface area contributed by atoms with Gasteiger partial charge in [-0.2, -0.15) is 0 Å². The lowest BCUT2D eigenvalue weighted by Crippen LogP contribution is -2.26. The summed E-state index contributed by atoms with van der Waals surface area (Å²) in [5.41, 5.74) is 4.14. The number of hydrogen-bond donors (Lipinski definition) is 0. The van der Waals surface area contributed by atoms with Crippen LogP contribution in [0.15, 0.2) is 52.9 Å². The maximum Gasteiger partial charge on any atom is 0.263 e. The van der Waals surface area contributed by atoms with Crippen molar-refractivity contribution in [2.45, 2.75) is 19.9 Å². The summed E-state index contributed by atoms with van der Waals surface area (Å²) in [7, 11) is -3.25. The average molecular weight is 367 g/mol. The molecule has 7 heteroatoms. The van der Waals surface area contributed by atoms with Crippen molar-refractivity contribution in [1.82, 2.24) is 14.5 Å². The Morgan fingerprint density at radius 3 is 2.62 bits per heavy atom. The van der Waals surface area contributed by atoms with E-state index in [-0.39, 0.29) is 11.3 Å². The maximum absolute atomic E-state index is 12.7. The zero-order valence-electron chi connectivity index (χ0n) is 14.4. The van der Waals surface area contributed by atoms with Crippen molar-refractivity contribution < 1.29 is 8.42 Å². The Bertz CT molecular complexity index is 1230. The SMILES string of the molecule is Cc1ccc(-c2ccc3c(=O)n(C4C=CS(=O)(=O)C4)cnc3n2)cc1C. The van der Waals surface area contributed by atoms with E-state index in [0.717, 1.165) is 16.7 Å². The third-order valence-electron chi connectivity index (χ3n) is 4.72. The number of fused-ring (bicyclic) bond motifs is 1. The lowest BCUT2D eigenvalue weighted by Gasteiger charge is -2.11. The minimum atomic E-state index is -3.25. The molecule has 0 bridgehead atoms. The molecular weight excluding hydrogens is 350 g/mol. The molecule has 0 fully saturated rings. The van der Waals surface area contributed by atoms with Crippen LogP contribution in [0.5, 0.6) is 0 Å². The molecule has 132 valence electrons. The van der Waals surface area contributed by atoms with Crippen molar-refractivity contribution in [3.8, 4) is 11.3 Å². The van der Waals surface area contributed by atoms with Gasteiger partial charge in [-0.1, -0.05) is 12.1 Å². The molecule has 0 radical (unpaired) electrons. The van der Waals surface area contributed by atoms with Gasteiger partial charge in [0.25, 0.3) is 5.56 Å². The molecule has 1 aliphatic heterocycles. The summed E-state index contributed by atoms with van der Waals surface area (Å²) in [4.78, 5) is 21.5. The molecule has 0 saturated heterocycles. The predicted octanol–water partition coefficient (Wildman–Crippen LogP) is 2.56. The van der Waals surface area contributed by atoms with E-state index < -0.39 is 15.9 Å². The first kappa shape index (κ1) is 16.7. The van der Waals surface area contributed by atoms with Crippen molar-refractivity contribution in [3.05, 3.63) is 69.6 Å². The van der Waals surface area contributed by atoms with Gasteiger partial charge in [0.1, 0.15) is 6.33 Å². The van der Waals surface area contributed by atoms with Crippen molar-refractivity contribution in [3.63, 3.8) is 0 Å². The second-order valence-electron chi connectivity index (χ2n) is 6.55. The van der Waals surface area contributed by atoms with Crippen LogP contribution in [-0.4, -0.2) is 28.7 Å². The van der Waals surface area contributed by atoms with Crippen LogP contribution in [0.1, 0.15) is 17.2 Å². The molecule has 2 aromatic heterocycles. The molecular formula is C19H17N3O3S. The Morgan fingerprint density at radius 1 is 1.12 bits per heavy atom. The smallest absolute Gasteiger partial charge is 0.263 e. The number of allylic oxidation sites excluding steroid dienone is 1. The fourth-order valence-corrected chi connectivity index (χ4v) is 4.33. The molecule has 0 saturated carbocycles. The first-order valence-electron chi connectivity index (χ1n) is 8.20. The number of benzene rings is 1. The van der Waals surface area contributed by atoms with Crippen LogP contribution in [0, 0.1) is 13.8 Å². The topological polar surface area (TPSA) is 81.9 Å². The Hall–Kier alpha value is -2.80. The quantitative estimate of drug-likeness (QED) is 0.695. The van der Waals surface area contributed by atoms with E-state index in [4.69, 9.17) is 0 Å². The van der Waals surface area contributed by atoms with Crippen molar-refractivity contribution in [2.75, 3.05) is 5.75 Å². The van der Waals surface area contributed by atoms with Crippen LogP contribution in [-0.2, 0) is 9.84 Å². The second-order valence-corrected chi connectivity index (χ2v) is 8.48. The molecule has 3 heterocycles. The summed E-state index contributed by atoms with van der Waals surface area (Å²) in [6.45, 7) is 4.09. The largest absolute Gasteiger partial charge is 0.291 e. The van der Waals surface area contributed by atoms with E-state index in [1.54, 1.807) is 12.1 Å².